The smallest absolute Gasteiger partial charge is 0.302 e. The van der Waals surface area contributed by atoms with Crippen molar-refractivity contribution in [1.29, 1.82) is 0 Å². The van der Waals surface area contributed by atoms with Gasteiger partial charge >= 0.3 is 5.97 Å². The van der Waals surface area contributed by atoms with Crippen LogP contribution in [0.1, 0.15) is 76.8 Å². The second-order valence-corrected chi connectivity index (χ2v) is 15.9. The SMILES string of the molecule is CC(=O)OC1CC[C@H]2[C@@H]3CC=C4C=C(C5Cc6ccccc6N5S(=O)(=O)c5ccc(C)cc5)CC[C@]4(C)[C@H]3CC[C@]12C. The lowest BCUT2D eigenvalue weighted by Gasteiger charge is -2.57. The Morgan fingerprint density at radius 3 is 2.50 bits per heavy atom. The maximum Gasteiger partial charge on any atom is 0.302 e. The topological polar surface area (TPSA) is 63.7 Å². The summed E-state index contributed by atoms with van der Waals surface area (Å²) in [5, 5.41) is 0. The van der Waals surface area contributed by atoms with Crippen LogP contribution in [0.2, 0.25) is 0 Å². The molecule has 6 heteroatoms. The first kappa shape index (κ1) is 27.9. The molecule has 2 fully saturated rings. The van der Waals surface area contributed by atoms with Crippen molar-refractivity contribution in [2.45, 2.75) is 96.1 Å². The standard InChI is InChI=1S/C36H43NO4S/c1-23-9-12-28(13-10-23)42(39,40)37-32-8-6-5-7-25(32)22-33(37)26-17-19-35(3)27(21-26)11-14-29-30-15-16-34(41-24(2)38)36(30,4)20-18-31(29)35/h5-13,21,29-31,33-34H,14-20,22H2,1-4H3/t29-,30-,31-,33?,34?,35-,36-/m0/s1. The highest BCUT2D eigenvalue weighted by atomic mass is 32.2. The van der Waals surface area contributed by atoms with Gasteiger partial charge in [-0.05, 0) is 116 Å². The minimum Gasteiger partial charge on any atom is -0.462 e. The van der Waals surface area contributed by atoms with Gasteiger partial charge in [0, 0.05) is 12.3 Å². The molecule has 222 valence electrons. The van der Waals surface area contributed by atoms with Gasteiger partial charge in [0.1, 0.15) is 6.10 Å². The molecule has 0 saturated heterocycles. The highest BCUT2D eigenvalue weighted by Gasteiger charge is 2.59. The molecule has 7 rings (SSSR count). The summed E-state index contributed by atoms with van der Waals surface area (Å²) in [6, 6.07) is 15.0. The number of nitrogens with zero attached hydrogens (tertiary/aromatic N) is 1. The van der Waals surface area contributed by atoms with E-state index in [2.05, 4.69) is 32.1 Å². The number of esters is 1. The second-order valence-electron chi connectivity index (χ2n) is 14.1. The third-order valence-electron chi connectivity index (χ3n) is 12.0. The summed E-state index contributed by atoms with van der Waals surface area (Å²) in [6.45, 7) is 8.36. The number of anilines is 1. The zero-order chi connectivity index (χ0) is 29.4. The molecule has 0 N–H and O–H groups in total. The number of para-hydroxylation sites is 1. The van der Waals surface area contributed by atoms with Crippen LogP contribution in [0.5, 0.6) is 0 Å². The van der Waals surface area contributed by atoms with E-state index in [1.807, 2.05) is 37.3 Å². The summed E-state index contributed by atoms with van der Waals surface area (Å²) in [7, 11) is -3.72. The van der Waals surface area contributed by atoms with Crippen molar-refractivity contribution in [3.05, 3.63) is 83.0 Å². The number of carbonyl (C=O) groups excluding carboxylic acids is 1. The number of hydrogen-bond donors (Lipinski definition) is 0. The van der Waals surface area contributed by atoms with Gasteiger partial charge in [-0.2, -0.15) is 0 Å². The van der Waals surface area contributed by atoms with Gasteiger partial charge in [0.2, 0.25) is 0 Å². The Kier molecular flexibility index (Phi) is 6.54. The Balaban J connectivity index is 1.22. The Morgan fingerprint density at radius 2 is 1.74 bits per heavy atom. The summed E-state index contributed by atoms with van der Waals surface area (Å²) >= 11 is 0. The number of hydrogen-bond acceptors (Lipinski definition) is 4. The Labute approximate surface area is 251 Å². The van der Waals surface area contributed by atoms with Gasteiger partial charge in [-0.15, -0.1) is 0 Å². The van der Waals surface area contributed by atoms with Crippen LogP contribution < -0.4 is 4.31 Å². The van der Waals surface area contributed by atoms with E-state index in [0.29, 0.717) is 29.1 Å². The molecule has 2 aromatic rings. The van der Waals surface area contributed by atoms with Gasteiger partial charge in [0.25, 0.3) is 10.0 Å². The predicted octanol–water partition coefficient (Wildman–Crippen LogP) is 7.55. The number of rotatable bonds is 4. The highest BCUT2D eigenvalue weighted by Crippen LogP contribution is 2.65. The van der Waals surface area contributed by atoms with Crippen molar-refractivity contribution < 1.29 is 17.9 Å². The number of aryl methyl sites for hydroxylation is 1. The summed E-state index contributed by atoms with van der Waals surface area (Å²) in [6.07, 6.45) is 13.0. The van der Waals surface area contributed by atoms with Crippen molar-refractivity contribution >= 4 is 21.7 Å². The molecule has 2 unspecified atom stereocenters. The van der Waals surface area contributed by atoms with Crippen LogP contribution in [-0.2, 0) is 26.0 Å². The normalized spacial score (nSPS) is 35.3. The van der Waals surface area contributed by atoms with Crippen LogP contribution in [0.4, 0.5) is 5.69 Å². The van der Waals surface area contributed by atoms with Crippen molar-refractivity contribution in [1.82, 2.24) is 0 Å². The third kappa shape index (κ3) is 4.15. The van der Waals surface area contributed by atoms with E-state index in [9.17, 15) is 13.2 Å². The highest BCUT2D eigenvalue weighted by molar-refractivity contribution is 7.93. The largest absolute Gasteiger partial charge is 0.462 e. The van der Waals surface area contributed by atoms with Gasteiger partial charge < -0.3 is 4.74 Å². The summed E-state index contributed by atoms with van der Waals surface area (Å²) in [4.78, 5) is 12.2. The Morgan fingerprint density at radius 1 is 0.976 bits per heavy atom. The van der Waals surface area contributed by atoms with Crippen LogP contribution in [0.3, 0.4) is 0 Å². The van der Waals surface area contributed by atoms with E-state index in [0.717, 1.165) is 61.8 Å². The average molecular weight is 586 g/mol. The maximum atomic E-state index is 14.2. The minimum absolute atomic E-state index is 0.0439. The molecule has 0 bridgehead atoms. The Hall–Kier alpha value is -2.86. The van der Waals surface area contributed by atoms with E-state index in [1.165, 1.54) is 11.1 Å². The zero-order valence-electron chi connectivity index (χ0n) is 25.3. The van der Waals surface area contributed by atoms with E-state index in [4.69, 9.17) is 4.74 Å². The number of carbonyl (C=O) groups is 1. The van der Waals surface area contributed by atoms with E-state index in [-0.39, 0.29) is 28.9 Å². The molecule has 0 radical (unpaired) electrons. The monoisotopic (exact) mass is 585 g/mol. The Bertz CT molecular complexity index is 1590. The van der Waals surface area contributed by atoms with Crippen LogP contribution in [0, 0.1) is 35.5 Å². The fraction of sp³-hybridized carbons (Fsp3) is 0.528. The fourth-order valence-electron chi connectivity index (χ4n) is 9.72. The molecule has 2 saturated carbocycles. The van der Waals surface area contributed by atoms with Gasteiger partial charge in [-0.25, -0.2) is 8.42 Å². The maximum absolute atomic E-state index is 14.2. The fourth-order valence-corrected chi connectivity index (χ4v) is 11.4. The van der Waals surface area contributed by atoms with Crippen molar-refractivity contribution in [2.24, 2.45) is 28.6 Å². The molecule has 0 spiro atoms. The number of allylic oxidation sites excluding steroid dienone is 3. The molecule has 1 aliphatic heterocycles. The summed E-state index contributed by atoms with van der Waals surface area (Å²) in [5.74, 6) is 1.65. The number of benzene rings is 2. The van der Waals surface area contributed by atoms with Gasteiger partial charge in [0.05, 0.1) is 16.6 Å². The summed E-state index contributed by atoms with van der Waals surface area (Å²) < 4.78 is 35.9. The molecule has 5 nitrogen and oxygen atoms in total. The first-order chi connectivity index (χ1) is 20.0. The zero-order valence-corrected chi connectivity index (χ0v) is 26.1. The van der Waals surface area contributed by atoms with Crippen molar-refractivity contribution in [2.75, 3.05) is 4.31 Å². The predicted molar refractivity (Wildman–Crippen MR) is 166 cm³/mol. The average Bonchev–Trinajstić information content (AvgIpc) is 3.51. The third-order valence-corrected chi connectivity index (χ3v) is 13.8. The molecule has 2 aromatic carbocycles. The van der Waals surface area contributed by atoms with E-state index in [1.54, 1.807) is 23.4 Å². The minimum atomic E-state index is -3.72. The van der Waals surface area contributed by atoms with Gasteiger partial charge in [-0.1, -0.05) is 61.9 Å². The van der Waals surface area contributed by atoms with Gasteiger partial charge in [-0.3, -0.25) is 9.10 Å². The number of ether oxygens (including phenoxy) is 1. The van der Waals surface area contributed by atoms with Crippen molar-refractivity contribution in [3.63, 3.8) is 0 Å². The number of fused-ring (bicyclic) bond motifs is 6. The van der Waals surface area contributed by atoms with E-state index >= 15 is 0 Å². The molecular weight excluding hydrogens is 542 g/mol. The van der Waals surface area contributed by atoms with Crippen LogP contribution in [0.15, 0.2) is 76.7 Å². The van der Waals surface area contributed by atoms with Crippen molar-refractivity contribution in [3.8, 4) is 0 Å². The lowest BCUT2D eigenvalue weighted by atomic mass is 9.48. The first-order valence-corrected chi connectivity index (χ1v) is 17.2. The molecule has 42 heavy (non-hydrogen) atoms. The van der Waals surface area contributed by atoms with Crippen LogP contribution >= 0.6 is 0 Å². The summed E-state index contributed by atoms with van der Waals surface area (Å²) in [5.41, 5.74) is 5.77. The molecule has 7 atom stereocenters. The lowest BCUT2D eigenvalue weighted by molar-refractivity contribution is -0.156. The molecule has 1 heterocycles. The van der Waals surface area contributed by atoms with Crippen LogP contribution in [0.25, 0.3) is 0 Å². The quantitative estimate of drug-likeness (QED) is 0.348. The van der Waals surface area contributed by atoms with Crippen LogP contribution in [-0.4, -0.2) is 26.5 Å². The second kappa shape index (κ2) is 9.83. The molecular formula is C36H43NO4S. The number of sulfonamides is 1. The van der Waals surface area contributed by atoms with E-state index < -0.39 is 10.0 Å². The molecule has 4 aliphatic carbocycles. The van der Waals surface area contributed by atoms with Gasteiger partial charge in [0.15, 0.2) is 0 Å². The lowest BCUT2D eigenvalue weighted by Crippen LogP contribution is -2.51. The molecule has 0 amide bonds. The molecule has 0 aromatic heterocycles. The first-order valence-electron chi connectivity index (χ1n) is 15.8. The molecule has 5 aliphatic rings.